The number of nitrogens with one attached hydrogen (secondary N) is 1. The third kappa shape index (κ3) is 5.64. The van der Waals surface area contributed by atoms with Crippen LogP contribution in [0.3, 0.4) is 0 Å². The number of rotatable bonds is 5. The Morgan fingerprint density at radius 1 is 1.30 bits per heavy atom. The van der Waals surface area contributed by atoms with Gasteiger partial charge in [-0.1, -0.05) is 0 Å². The second kappa shape index (κ2) is 7.84. The van der Waals surface area contributed by atoms with Gasteiger partial charge in [0.2, 0.25) is 0 Å². The monoisotopic (exact) mass is 325 g/mol. The molecular weight excluding hydrogens is 290 g/mol. The van der Waals surface area contributed by atoms with Gasteiger partial charge in [-0.05, 0) is 73.4 Å². The van der Waals surface area contributed by atoms with Crippen molar-refractivity contribution in [3.8, 4) is 0 Å². The highest BCUT2D eigenvalue weighted by atomic mass is 16.6. The van der Waals surface area contributed by atoms with E-state index in [1.807, 2.05) is 39.5 Å². The Labute approximate surface area is 141 Å². The smallest absolute Gasteiger partial charge is 0.410 e. The second-order valence-electron chi connectivity index (χ2n) is 8.27. The quantitative estimate of drug-likeness (QED) is 0.844. The predicted octanol–water partition coefficient (Wildman–Crippen LogP) is 2.85. The van der Waals surface area contributed by atoms with E-state index in [9.17, 15) is 4.79 Å². The normalized spacial score (nSPS) is 25.5. The minimum atomic E-state index is -0.438. The second-order valence-corrected chi connectivity index (χ2v) is 8.27. The Morgan fingerprint density at radius 3 is 2.70 bits per heavy atom. The summed E-state index contributed by atoms with van der Waals surface area (Å²) in [4.78, 5) is 16.8. The Hall–Kier alpha value is -0.810. The molecule has 0 saturated carbocycles. The molecule has 0 aromatic carbocycles. The molecule has 1 amide bonds. The van der Waals surface area contributed by atoms with Crippen LogP contribution in [0.25, 0.3) is 0 Å². The van der Waals surface area contributed by atoms with Crippen LogP contribution in [0.4, 0.5) is 4.79 Å². The minimum absolute atomic E-state index is 0.156. The molecule has 2 unspecified atom stereocenters. The van der Waals surface area contributed by atoms with Gasteiger partial charge < -0.3 is 19.9 Å². The number of hydrogen-bond donors (Lipinski definition) is 1. The molecule has 2 fully saturated rings. The third-order valence-corrected chi connectivity index (χ3v) is 4.86. The fourth-order valence-corrected chi connectivity index (χ4v) is 3.68. The first-order chi connectivity index (χ1) is 10.8. The van der Waals surface area contributed by atoms with Crippen LogP contribution < -0.4 is 5.32 Å². The molecule has 1 N–H and O–H groups in total. The van der Waals surface area contributed by atoms with Crippen molar-refractivity contribution in [3.05, 3.63) is 0 Å². The predicted molar refractivity (Wildman–Crippen MR) is 93.7 cm³/mol. The summed E-state index contributed by atoms with van der Waals surface area (Å²) in [7, 11) is 0. The third-order valence-electron chi connectivity index (χ3n) is 4.86. The lowest BCUT2D eigenvalue weighted by atomic mass is 9.97. The van der Waals surface area contributed by atoms with Crippen LogP contribution in [0.15, 0.2) is 0 Å². The molecule has 2 saturated heterocycles. The lowest BCUT2D eigenvalue weighted by Gasteiger charge is -2.36. The van der Waals surface area contributed by atoms with E-state index < -0.39 is 5.60 Å². The van der Waals surface area contributed by atoms with Crippen molar-refractivity contribution >= 4 is 6.09 Å². The summed E-state index contributed by atoms with van der Waals surface area (Å²) in [5, 5.41) is 3.66. The van der Waals surface area contributed by atoms with Crippen LogP contribution in [-0.4, -0.2) is 65.8 Å². The van der Waals surface area contributed by atoms with Crippen LogP contribution in [0.5, 0.6) is 0 Å². The summed E-state index contributed by atoms with van der Waals surface area (Å²) in [6.07, 6.45) is 4.99. The Balaban J connectivity index is 1.75. The molecule has 0 aliphatic carbocycles. The van der Waals surface area contributed by atoms with E-state index in [0.717, 1.165) is 12.6 Å². The van der Waals surface area contributed by atoms with E-state index in [-0.39, 0.29) is 12.1 Å². The highest BCUT2D eigenvalue weighted by molar-refractivity contribution is 5.68. The highest BCUT2D eigenvalue weighted by Gasteiger charge is 2.31. The Morgan fingerprint density at radius 2 is 2.04 bits per heavy atom. The van der Waals surface area contributed by atoms with Crippen molar-refractivity contribution in [2.75, 3.05) is 26.2 Å². The average molecular weight is 325 g/mol. The van der Waals surface area contributed by atoms with E-state index in [1.54, 1.807) is 0 Å². The maximum absolute atomic E-state index is 12.3. The van der Waals surface area contributed by atoms with Gasteiger partial charge in [0, 0.05) is 31.2 Å². The van der Waals surface area contributed by atoms with Crippen molar-refractivity contribution in [1.82, 2.24) is 15.1 Å². The van der Waals surface area contributed by atoms with Crippen molar-refractivity contribution in [2.24, 2.45) is 0 Å². The highest BCUT2D eigenvalue weighted by Crippen LogP contribution is 2.26. The van der Waals surface area contributed by atoms with Crippen molar-refractivity contribution in [3.63, 3.8) is 0 Å². The van der Waals surface area contributed by atoms with E-state index in [4.69, 9.17) is 4.74 Å². The molecule has 2 heterocycles. The standard InChI is InChI=1S/C18H35N3O2/c1-14(2)21(17(22)23-18(3,4)5)12-9-19-15-8-11-20-10-6-7-16(20)13-15/h14-16,19H,6-13H2,1-5H3. The van der Waals surface area contributed by atoms with Gasteiger partial charge in [-0.3, -0.25) is 0 Å². The molecule has 0 radical (unpaired) electrons. The van der Waals surface area contributed by atoms with Gasteiger partial charge in [-0.2, -0.15) is 0 Å². The maximum atomic E-state index is 12.3. The molecule has 23 heavy (non-hydrogen) atoms. The molecule has 2 aliphatic heterocycles. The Bertz CT molecular complexity index is 392. The van der Waals surface area contributed by atoms with E-state index >= 15 is 0 Å². The van der Waals surface area contributed by atoms with Gasteiger partial charge in [0.1, 0.15) is 5.60 Å². The molecular formula is C18H35N3O2. The lowest BCUT2D eigenvalue weighted by Crippen LogP contribution is -2.49. The van der Waals surface area contributed by atoms with Crippen LogP contribution in [-0.2, 0) is 4.74 Å². The largest absolute Gasteiger partial charge is 0.444 e. The first-order valence-electron chi connectivity index (χ1n) is 9.23. The van der Waals surface area contributed by atoms with E-state index in [1.165, 1.54) is 38.8 Å². The zero-order chi connectivity index (χ0) is 17.0. The molecule has 0 aromatic rings. The number of fused-ring (bicyclic) bond motifs is 1. The van der Waals surface area contributed by atoms with Crippen LogP contribution in [0, 0.1) is 0 Å². The van der Waals surface area contributed by atoms with Crippen molar-refractivity contribution in [2.45, 2.75) is 84.0 Å². The molecule has 2 rings (SSSR count). The number of hydrogen-bond acceptors (Lipinski definition) is 4. The van der Waals surface area contributed by atoms with Gasteiger partial charge in [-0.15, -0.1) is 0 Å². The summed E-state index contributed by atoms with van der Waals surface area (Å²) < 4.78 is 5.51. The number of carbonyl (C=O) groups is 1. The number of piperidine rings is 1. The topological polar surface area (TPSA) is 44.8 Å². The van der Waals surface area contributed by atoms with Gasteiger partial charge in [0.05, 0.1) is 0 Å². The van der Waals surface area contributed by atoms with E-state index in [2.05, 4.69) is 10.2 Å². The summed E-state index contributed by atoms with van der Waals surface area (Å²) in [6, 6.07) is 1.54. The van der Waals surface area contributed by atoms with Crippen LogP contribution in [0.1, 0.15) is 60.3 Å². The first-order valence-corrected chi connectivity index (χ1v) is 9.23. The van der Waals surface area contributed by atoms with Gasteiger partial charge in [-0.25, -0.2) is 4.79 Å². The number of amides is 1. The van der Waals surface area contributed by atoms with Gasteiger partial charge >= 0.3 is 6.09 Å². The summed E-state index contributed by atoms with van der Waals surface area (Å²) in [6.45, 7) is 13.9. The van der Waals surface area contributed by atoms with Crippen LogP contribution in [0.2, 0.25) is 0 Å². The first kappa shape index (κ1) is 18.5. The summed E-state index contributed by atoms with van der Waals surface area (Å²) in [5.41, 5.74) is -0.438. The van der Waals surface area contributed by atoms with Gasteiger partial charge in [0.15, 0.2) is 0 Å². The van der Waals surface area contributed by atoms with E-state index in [0.29, 0.717) is 12.6 Å². The molecule has 0 aromatic heterocycles. The zero-order valence-corrected chi connectivity index (χ0v) is 15.6. The lowest BCUT2D eigenvalue weighted by molar-refractivity contribution is 0.0190. The van der Waals surface area contributed by atoms with Crippen LogP contribution >= 0.6 is 0 Å². The van der Waals surface area contributed by atoms with Gasteiger partial charge in [0.25, 0.3) is 0 Å². The summed E-state index contributed by atoms with van der Waals surface area (Å²) in [5.74, 6) is 0. The molecule has 0 spiro atoms. The molecule has 2 atom stereocenters. The number of carbonyl (C=O) groups excluding carboxylic acids is 1. The average Bonchev–Trinajstić information content (AvgIpc) is 2.88. The zero-order valence-electron chi connectivity index (χ0n) is 15.6. The maximum Gasteiger partial charge on any atom is 0.410 e. The van der Waals surface area contributed by atoms with Crippen molar-refractivity contribution < 1.29 is 9.53 Å². The SMILES string of the molecule is CC(C)N(CCNC1CCN2CCCC2C1)C(=O)OC(C)(C)C. The fraction of sp³-hybridized carbons (Fsp3) is 0.944. The molecule has 0 bridgehead atoms. The minimum Gasteiger partial charge on any atom is -0.444 e. The Kier molecular flexibility index (Phi) is 6.32. The summed E-state index contributed by atoms with van der Waals surface area (Å²) >= 11 is 0. The molecule has 2 aliphatic rings. The number of nitrogens with zero attached hydrogens (tertiary/aromatic N) is 2. The number of ether oxygens (including phenoxy) is 1. The fourth-order valence-electron chi connectivity index (χ4n) is 3.68. The van der Waals surface area contributed by atoms with Crippen molar-refractivity contribution in [1.29, 1.82) is 0 Å². The molecule has 5 nitrogen and oxygen atoms in total. The molecule has 5 heteroatoms. The molecule has 134 valence electrons.